The first-order valence-electron chi connectivity index (χ1n) is 1.65. The van der Waals surface area contributed by atoms with E-state index in [9.17, 15) is 0 Å². The highest BCUT2D eigenvalue weighted by Crippen LogP contribution is 1.94. The molecule has 0 saturated heterocycles. The molecule has 0 aromatic rings. The third-order valence-corrected chi connectivity index (χ3v) is 0.476. The Labute approximate surface area is 35.4 Å². The molecule has 0 atom stereocenters. The lowest BCUT2D eigenvalue weighted by atomic mass is 10.6. The van der Waals surface area contributed by atoms with Crippen LogP contribution >= 0.6 is 0 Å². The van der Waals surface area contributed by atoms with Crippen molar-refractivity contribution in [2.45, 2.75) is 6.92 Å². The molecule has 0 fully saturated rings. The van der Waals surface area contributed by atoms with E-state index in [1.807, 2.05) is 6.92 Å². The van der Waals surface area contributed by atoms with E-state index >= 15 is 0 Å². The normalized spacial score (nSPS) is 18.5. The SMILES string of the molecule is CC1=COON1. The van der Waals surface area contributed by atoms with Gasteiger partial charge in [-0.05, 0) is 6.92 Å². The van der Waals surface area contributed by atoms with Gasteiger partial charge in [-0.2, -0.15) is 0 Å². The summed E-state index contributed by atoms with van der Waals surface area (Å²) in [6.45, 7) is 1.84. The first kappa shape index (κ1) is 3.49. The summed E-state index contributed by atoms with van der Waals surface area (Å²) in [6.07, 6.45) is 1.49. The van der Waals surface area contributed by atoms with Gasteiger partial charge in [0.05, 0.1) is 5.70 Å². The van der Waals surface area contributed by atoms with Crippen molar-refractivity contribution < 1.29 is 9.88 Å². The number of rotatable bonds is 0. The van der Waals surface area contributed by atoms with Crippen molar-refractivity contribution in [1.82, 2.24) is 5.48 Å². The zero-order chi connectivity index (χ0) is 4.41. The van der Waals surface area contributed by atoms with Crippen molar-refractivity contribution in [2.75, 3.05) is 0 Å². The topological polar surface area (TPSA) is 30.5 Å². The fourth-order valence-electron chi connectivity index (χ4n) is 0.210. The third kappa shape index (κ3) is 0.440. The Morgan fingerprint density at radius 2 is 2.67 bits per heavy atom. The van der Waals surface area contributed by atoms with E-state index < -0.39 is 0 Å². The van der Waals surface area contributed by atoms with Gasteiger partial charge in [0.25, 0.3) is 0 Å². The lowest BCUT2D eigenvalue weighted by molar-refractivity contribution is -0.265. The van der Waals surface area contributed by atoms with Gasteiger partial charge in [-0.15, -0.1) is 0 Å². The highest BCUT2D eigenvalue weighted by molar-refractivity contribution is 4.87. The number of allylic oxidation sites excluding steroid dienone is 1. The molecule has 1 aliphatic heterocycles. The smallest absolute Gasteiger partial charge is 0.153 e. The molecule has 0 radical (unpaired) electrons. The summed E-state index contributed by atoms with van der Waals surface area (Å²) in [4.78, 5) is 8.50. The monoisotopic (exact) mass is 87.0 g/mol. The molecule has 3 nitrogen and oxygen atoms in total. The Balaban J connectivity index is 2.45. The van der Waals surface area contributed by atoms with Crippen LogP contribution in [-0.4, -0.2) is 0 Å². The molecule has 3 heteroatoms. The van der Waals surface area contributed by atoms with Gasteiger partial charge in [0, 0.05) is 0 Å². The average Bonchev–Trinajstić information content (AvgIpc) is 1.86. The molecule has 0 saturated carbocycles. The van der Waals surface area contributed by atoms with Crippen LogP contribution in [0.3, 0.4) is 0 Å². The van der Waals surface area contributed by atoms with Crippen LogP contribution < -0.4 is 5.48 Å². The molecule has 1 rings (SSSR count). The molecular weight excluding hydrogens is 82.0 g/mol. The van der Waals surface area contributed by atoms with Crippen LogP contribution in [0.4, 0.5) is 0 Å². The van der Waals surface area contributed by atoms with Gasteiger partial charge in [0.1, 0.15) is 0 Å². The molecular formula is C3H5NO2. The van der Waals surface area contributed by atoms with Crippen molar-refractivity contribution in [3.8, 4) is 0 Å². The molecule has 0 aromatic heterocycles. The van der Waals surface area contributed by atoms with Gasteiger partial charge in [-0.25, -0.2) is 5.48 Å². The van der Waals surface area contributed by atoms with Crippen LogP contribution in [0.2, 0.25) is 0 Å². The van der Waals surface area contributed by atoms with E-state index in [4.69, 9.17) is 0 Å². The van der Waals surface area contributed by atoms with Gasteiger partial charge < -0.3 is 4.89 Å². The minimum Gasteiger partial charge on any atom is -0.320 e. The second-order valence-corrected chi connectivity index (χ2v) is 1.08. The summed E-state index contributed by atoms with van der Waals surface area (Å²) in [5.74, 6) is 0. The first-order chi connectivity index (χ1) is 2.89. The predicted octanol–water partition coefficient (Wildman–Crippen LogP) is 0.314. The molecule has 0 spiro atoms. The van der Waals surface area contributed by atoms with Gasteiger partial charge in [-0.1, -0.05) is 4.99 Å². The highest BCUT2D eigenvalue weighted by atomic mass is 17.3. The maximum absolute atomic E-state index is 4.28. The zero-order valence-corrected chi connectivity index (χ0v) is 3.39. The number of hydrogen-bond donors (Lipinski definition) is 1. The van der Waals surface area contributed by atoms with Crippen LogP contribution in [0.25, 0.3) is 0 Å². The van der Waals surface area contributed by atoms with E-state index in [0.29, 0.717) is 0 Å². The Hall–Kier alpha value is -0.700. The molecule has 34 valence electrons. The quantitative estimate of drug-likeness (QED) is 0.431. The van der Waals surface area contributed by atoms with Gasteiger partial charge in [0.2, 0.25) is 0 Å². The fraction of sp³-hybridized carbons (Fsp3) is 0.333. The van der Waals surface area contributed by atoms with Crippen molar-refractivity contribution in [3.05, 3.63) is 12.0 Å². The predicted molar refractivity (Wildman–Crippen MR) is 19.1 cm³/mol. The van der Waals surface area contributed by atoms with Crippen molar-refractivity contribution >= 4 is 0 Å². The standard InChI is InChI=1S/C3H5NO2/c1-3-2-5-6-4-3/h2,4H,1H3. The third-order valence-electron chi connectivity index (χ3n) is 0.476. The second kappa shape index (κ2) is 1.18. The molecule has 0 bridgehead atoms. The molecule has 1 N–H and O–H groups in total. The van der Waals surface area contributed by atoms with E-state index in [-0.39, 0.29) is 0 Å². The number of nitrogens with one attached hydrogen (secondary N) is 1. The summed E-state index contributed by atoms with van der Waals surface area (Å²) in [5, 5.41) is 0. The summed E-state index contributed by atoms with van der Waals surface area (Å²) < 4.78 is 0. The minimum atomic E-state index is 0.884. The van der Waals surface area contributed by atoms with E-state index in [1.54, 1.807) is 0 Å². The largest absolute Gasteiger partial charge is 0.320 e. The number of hydrogen-bond acceptors (Lipinski definition) is 3. The Morgan fingerprint density at radius 1 is 1.83 bits per heavy atom. The lowest BCUT2D eigenvalue weighted by Gasteiger charge is -1.85. The molecule has 0 unspecified atom stereocenters. The molecule has 0 aliphatic carbocycles. The minimum absolute atomic E-state index is 0.884. The van der Waals surface area contributed by atoms with E-state index in [1.165, 1.54) is 6.26 Å². The van der Waals surface area contributed by atoms with Crippen LogP contribution in [0.1, 0.15) is 6.92 Å². The summed E-state index contributed by atoms with van der Waals surface area (Å²) in [5.41, 5.74) is 3.34. The Morgan fingerprint density at radius 3 is 2.83 bits per heavy atom. The van der Waals surface area contributed by atoms with E-state index in [0.717, 1.165) is 5.70 Å². The summed E-state index contributed by atoms with van der Waals surface area (Å²) in [6, 6.07) is 0. The zero-order valence-electron chi connectivity index (χ0n) is 3.39. The second-order valence-electron chi connectivity index (χ2n) is 1.08. The Kier molecular flexibility index (Phi) is 0.686. The van der Waals surface area contributed by atoms with Crippen LogP contribution in [0, 0.1) is 0 Å². The fourth-order valence-corrected chi connectivity index (χ4v) is 0.210. The lowest BCUT2D eigenvalue weighted by Crippen LogP contribution is -2.00. The molecule has 6 heavy (non-hydrogen) atoms. The van der Waals surface area contributed by atoms with Crippen molar-refractivity contribution in [3.63, 3.8) is 0 Å². The van der Waals surface area contributed by atoms with Gasteiger partial charge in [0.15, 0.2) is 6.26 Å². The summed E-state index contributed by atoms with van der Waals surface area (Å²) >= 11 is 0. The molecule has 1 heterocycles. The first-order valence-corrected chi connectivity index (χ1v) is 1.65. The molecule has 1 aliphatic rings. The van der Waals surface area contributed by atoms with Gasteiger partial charge >= 0.3 is 0 Å². The molecule has 0 amide bonds. The van der Waals surface area contributed by atoms with Crippen LogP contribution in [0.5, 0.6) is 0 Å². The van der Waals surface area contributed by atoms with E-state index in [2.05, 4.69) is 15.4 Å². The molecule has 0 aromatic carbocycles. The maximum Gasteiger partial charge on any atom is 0.153 e. The van der Waals surface area contributed by atoms with Crippen molar-refractivity contribution in [1.29, 1.82) is 0 Å². The van der Waals surface area contributed by atoms with Crippen LogP contribution in [0.15, 0.2) is 12.0 Å². The van der Waals surface area contributed by atoms with Gasteiger partial charge in [-0.3, -0.25) is 0 Å². The van der Waals surface area contributed by atoms with Crippen LogP contribution in [-0.2, 0) is 9.88 Å². The number of hydroxylamine groups is 1. The highest BCUT2D eigenvalue weighted by Gasteiger charge is 1.94. The Bertz CT molecular complexity index is 78.9. The average molecular weight is 87.1 g/mol. The maximum atomic E-state index is 4.28. The van der Waals surface area contributed by atoms with Crippen molar-refractivity contribution in [2.24, 2.45) is 0 Å². The summed E-state index contributed by atoms with van der Waals surface area (Å²) in [7, 11) is 0.